The molecule has 0 amide bonds. The number of aromatic hydroxyl groups is 1. The molecule has 0 spiro atoms. The molecule has 2 nitrogen and oxygen atoms in total. The van der Waals surface area contributed by atoms with Gasteiger partial charge < -0.3 is 10.0 Å². The zero-order chi connectivity index (χ0) is 9.14. The molecule has 0 radical (unpaired) electrons. The molecule has 0 heterocycles. The van der Waals surface area contributed by atoms with Crippen LogP contribution in [0.5, 0.6) is 5.75 Å². The number of phenols is 1. The molecule has 2 heteroatoms. The van der Waals surface area contributed by atoms with Crippen LogP contribution < -0.4 is 4.90 Å². The molecule has 1 aromatic rings. The van der Waals surface area contributed by atoms with Gasteiger partial charge in [-0.3, -0.25) is 0 Å². The number of quaternary nitrogens is 1. The van der Waals surface area contributed by atoms with Crippen LogP contribution in [-0.4, -0.2) is 19.2 Å². The van der Waals surface area contributed by atoms with E-state index < -0.39 is 0 Å². The largest absolute Gasteiger partial charge is 0.508 e. The molecule has 1 atom stereocenters. The van der Waals surface area contributed by atoms with Crippen LogP contribution in [0.25, 0.3) is 0 Å². The van der Waals surface area contributed by atoms with E-state index in [1.54, 1.807) is 6.07 Å². The van der Waals surface area contributed by atoms with Gasteiger partial charge in [-0.05, 0) is 19.1 Å². The van der Waals surface area contributed by atoms with Crippen LogP contribution in [0.4, 0.5) is 0 Å². The van der Waals surface area contributed by atoms with Crippen LogP contribution >= 0.6 is 0 Å². The first-order valence-electron chi connectivity index (χ1n) is 4.20. The van der Waals surface area contributed by atoms with Gasteiger partial charge in [0.05, 0.1) is 14.1 Å². The minimum Gasteiger partial charge on any atom is -0.508 e. The van der Waals surface area contributed by atoms with E-state index in [1.165, 1.54) is 10.5 Å². The second kappa shape index (κ2) is 3.59. The third-order valence-corrected chi connectivity index (χ3v) is 2.24. The van der Waals surface area contributed by atoms with E-state index in [4.69, 9.17) is 0 Å². The number of rotatable bonds is 2. The van der Waals surface area contributed by atoms with Crippen molar-refractivity contribution in [3.05, 3.63) is 29.8 Å². The van der Waals surface area contributed by atoms with Crippen molar-refractivity contribution in [2.75, 3.05) is 14.1 Å². The van der Waals surface area contributed by atoms with Crippen LogP contribution in [0.15, 0.2) is 24.3 Å². The Kier molecular flexibility index (Phi) is 2.71. The molecule has 0 aliphatic carbocycles. The highest BCUT2D eigenvalue weighted by Crippen LogP contribution is 2.15. The standard InChI is InChI=1S/C10H15NO/c1-8(11(2)3)9-5-4-6-10(12)7-9/h4-8,12H,1-3H3/p+1/t8-/m1/s1. The van der Waals surface area contributed by atoms with Gasteiger partial charge in [-0.15, -0.1) is 0 Å². The number of phenolic OH excluding ortho intramolecular Hbond substituents is 1. The van der Waals surface area contributed by atoms with Crippen LogP contribution in [0, 0.1) is 0 Å². The molecule has 2 N–H and O–H groups in total. The van der Waals surface area contributed by atoms with Crippen molar-refractivity contribution in [3.8, 4) is 5.75 Å². The van der Waals surface area contributed by atoms with E-state index in [-0.39, 0.29) is 0 Å². The molecule has 0 aliphatic rings. The summed E-state index contributed by atoms with van der Waals surface area (Å²) in [5.41, 5.74) is 1.18. The Balaban J connectivity index is 2.88. The van der Waals surface area contributed by atoms with Gasteiger partial charge in [0.15, 0.2) is 0 Å². The van der Waals surface area contributed by atoms with E-state index >= 15 is 0 Å². The van der Waals surface area contributed by atoms with Gasteiger partial charge in [0.25, 0.3) is 0 Å². The zero-order valence-corrected chi connectivity index (χ0v) is 7.83. The number of hydrogen-bond donors (Lipinski definition) is 2. The molecule has 0 saturated heterocycles. The SMILES string of the molecule is C[C@H](c1cccc(O)c1)[NH+](C)C. The fourth-order valence-corrected chi connectivity index (χ4v) is 1.13. The average Bonchev–Trinajstić information content (AvgIpc) is 2.03. The van der Waals surface area contributed by atoms with E-state index in [0.29, 0.717) is 11.8 Å². The Morgan fingerprint density at radius 3 is 2.50 bits per heavy atom. The van der Waals surface area contributed by atoms with Crippen LogP contribution in [0.1, 0.15) is 18.5 Å². The minimum atomic E-state index is 0.348. The molecule has 0 unspecified atom stereocenters. The second-order valence-electron chi connectivity index (χ2n) is 3.39. The maximum absolute atomic E-state index is 9.23. The van der Waals surface area contributed by atoms with Crippen LogP contribution in [-0.2, 0) is 0 Å². The highest BCUT2D eigenvalue weighted by molar-refractivity contribution is 5.28. The first-order chi connectivity index (χ1) is 5.61. The van der Waals surface area contributed by atoms with E-state index in [9.17, 15) is 5.11 Å². The lowest BCUT2D eigenvalue weighted by Crippen LogP contribution is -3.05. The lowest BCUT2D eigenvalue weighted by Gasteiger charge is -2.16. The van der Waals surface area contributed by atoms with Gasteiger partial charge >= 0.3 is 0 Å². The van der Waals surface area contributed by atoms with Crippen molar-refractivity contribution in [1.82, 2.24) is 0 Å². The minimum absolute atomic E-state index is 0.348. The van der Waals surface area contributed by atoms with Crippen molar-refractivity contribution < 1.29 is 10.0 Å². The molecule has 0 saturated carbocycles. The van der Waals surface area contributed by atoms with Gasteiger partial charge in [0.2, 0.25) is 0 Å². The molecule has 1 rings (SSSR count). The Labute approximate surface area is 73.4 Å². The van der Waals surface area contributed by atoms with Crippen LogP contribution in [0.3, 0.4) is 0 Å². The van der Waals surface area contributed by atoms with Crippen molar-refractivity contribution >= 4 is 0 Å². The fraction of sp³-hybridized carbons (Fsp3) is 0.400. The maximum atomic E-state index is 9.23. The maximum Gasteiger partial charge on any atom is 0.116 e. The summed E-state index contributed by atoms with van der Waals surface area (Å²) < 4.78 is 0. The third-order valence-electron chi connectivity index (χ3n) is 2.24. The highest BCUT2D eigenvalue weighted by Gasteiger charge is 2.10. The summed E-state index contributed by atoms with van der Waals surface area (Å²) in [5, 5.41) is 9.23. The van der Waals surface area contributed by atoms with E-state index in [2.05, 4.69) is 21.0 Å². The predicted octanol–water partition coefficient (Wildman–Crippen LogP) is 0.598. The summed E-state index contributed by atoms with van der Waals surface area (Å²) in [6, 6.07) is 7.86. The van der Waals surface area contributed by atoms with Gasteiger partial charge in [-0.1, -0.05) is 12.1 Å². The summed E-state index contributed by atoms with van der Waals surface area (Å²) >= 11 is 0. The number of hydrogen-bond acceptors (Lipinski definition) is 1. The van der Waals surface area contributed by atoms with Crippen molar-refractivity contribution in [1.29, 1.82) is 0 Å². The predicted molar refractivity (Wildman–Crippen MR) is 49.3 cm³/mol. The highest BCUT2D eigenvalue weighted by atomic mass is 16.3. The molecule has 0 aliphatic heterocycles. The molecule has 0 bridgehead atoms. The fourth-order valence-electron chi connectivity index (χ4n) is 1.13. The Morgan fingerprint density at radius 1 is 1.33 bits per heavy atom. The van der Waals surface area contributed by atoms with Crippen molar-refractivity contribution in [3.63, 3.8) is 0 Å². The zero-order valence-electron chi connectivity index (χ0n) is 7.83. The summed E-state index contributed by atoms with van der Waals surface area (Å²) in [6.45, 7) is 2.14. The second-order valence-corrected chi connectivity index (χ2v) is 3.39. The summed E-state index contributed by atoms with van der Waals surface area (Å²) in [5.74, 6) is 0.348. The molecule has 0 aromatic heterocycles. The van der Waals surface area contributed by atoms with Gasteiger partial charge in [-0.25, -0.2) is 0 Å². The van der Waals surface area contributed by atoms with Crippen molar-refractivity contribution in [2.24, 2.45) is 0 Å². The Bertz CT molecular complexity index is 258. The molecular weight excluding hydrogens is 150 g/mol. The smallest absolute Gasteiger partial charge is 0.116 e. The van der Waals surface area contributed by atoms with Gasteiger partial charge in [0.1, 0.15) is 11.8 Å². The normalized spacial score (nSPS) is 13.3. The van der Waals surface area contributed by atoms with Crippen LogP contribution in [0.2, 0.25) is 0 Å². The Morgan fingerprint density at radius 2 is 2.00 bits per heavy atom. The van der Waals surface area contributed by atoms with Crippen molar-refractivity contribution in [2.45, 2.75) is 13.0 Å². The molecule has 66 valence electrons. The summed E-state index contributed by atoms with van der Waals surface area (Å²) in [6.07, 6.45) is 0. The van der Waals surface area contributed by atoms with E-state index in [0.717, 1.165) is 0 Å². The van der Waals surface area contributed by atoms with Gasteiger partial charge in [0, 0.05) is 5.56 Å². The number of benzene rings is 1. The summed E-state index contributed by atoms with van der Waals surface area (Å²) in [7, 11) is 4.21. The topological polar surface area (TPSA) is 24.7 Å². The molecular formula is C10H16NO+. The average molecular weight is 166 g/mol. The molecule has 1 aromatic carbocycles. The van der Waals surface area contributed by atoms with E-state index in [1.807, 2.05) is 18.2 Å². The first-order valence-corrected chi connectivity index (χ1v) is 4.20. The Hall–Kier alpha value is -1.02. The lowest BCUT2D eigenvalue weighted by molar-refractivity contribution is -0.890. The lowest BCUT2D eigenvalue weighted by atomic mass is 10.1. The number of nitrogens with one attached hydrogen (secondary N) is 1. The quantitative estimate of drug-likeness (QED) is 0.660. The molecule has 0 fully saturated rings. The summed E-state index contributed by atoms with van der Waals surface area (Å²) in [4.78, 5) is 1.36. The van der Waals surface area contributed by atoms with Gasteiger partial charge in [-0.2, -0.15) is 0 Å². The third kappa shape index (κ3) is 1.98. The monoisotopic (exact) mass is 166 g/mol. The first kappa shape index (κ1) is 9.07. The molecule has 12 heavy (non-hydrogen) atoms.